The molecule has 0 spiro atoms. The van der Waals surface area contributed by atoms with Crippen molar-refractivity contribution in [3.63, 3.8) is 0 Å². The lowest BCUT2D eigenvalue weighted by atomic mass is 10.2. The van der Waals surface area contributed by atoms with E-state index in [2.05, 4.69) is 15.0 Å². The summed E-state index contributed by atoms with van der Waals surface area (Å²) in [6, 6.07) is 0. The second-order valence-electron chi connectivity index (χ2n) is 3.88. The molecule has 106 valence electrons. The van der Waals surface area contributed by atoms with Crippen LogP contribution in [-0.4, -0.2) is 32.1 Å². The number of hydrogen-bond acceptors (Lipinski definition) is 5. The molecule has 0 aromatic carbocycles. The van der Waals surface area contributed by atoms with E-state index in [4.69, 9.17) is 4.74 Å². The van der Waals surface area contributed by atoms with Crippen LogP contribution in [0.1, 0.15) is 29.4 Å². The van der Waals surface area contributed by atoms with Crippen LogP contribution < -0.4 is 0 Å². The third-order valence-corrected chi connectivity index (χ3v) is 2.54. The molecule has 6 nitrogen and oxygen atoms in total. The second-order valence-corrected chi connectivity index (χ2v) is 3.88. The van der Waals surface area contributed by atoms with Crippen molar-refractivity contribution in [1.82, 2.24) is 19.5 Å². The number of imidazole rings is 1. The Bertz CT molecular complexity index is 628. The quantitative estimate of drug-likeness (QED) is 0.802. The first-order chi connectivity index (χ1) is 9.54. The van der Waals surface area contributed by atoms with Gasteiger partial charge >= 0.3 is 5.97 Å². The number of esters is 1. The fourth-order valence-electron chi connectivity index (χ4n) is 1.62. The van der Waals surface area contributed by atoms with Crippen molar-refractivity contribution < 1.29 is 18.3 Å². The van der Waals surface area contributed by atoms with Gasteiger partial charge in [0.15, 0.2) is 11.6 Å². The summed E-state index contributed by atoms with van der Waals surface area (Å²) in [6.07, 6.45) is 1.27. The standard InChI is InChI=1S/C12H12F2N4O2/c1-3-20-12(19)7-6-16-10(17-8(7)9(13)14)11-15-4-5-18(11)2/h4-6,9H,3H2,1-2H3. The Balaban J connectivity index is 2.48. The molecular formula is C12H12F2N4O2. The number of nitrogens with zero attached hydrogens (tertiary/aromatic N) is 4. The topological polar surface area (TPSA) is 69.9 Å². The van der Waals surface area contributed by atoms with Crippen LogP contribution >= 0.6 is 0 Å². The van der Waals surface area contributed by atoms with E-state index in [9.17, 15) is 13.6 Å². The van der Waals surface area contributed by atoms with Gasteiger partial charge in [0, 0.05) is 25.6 Å². The molecule has 0 bridgehead atoms. The highest BCUT2D eigenvalue weighted by Gasteiger charge is 2.23. The number of carbonyl (C=O) groups excluding carboxylic acids is 1. The van der Waals surface area contributed by atoms with Gasteiger partial charge in [-0.1, -0.05) is 0 Å². The number of hydrogen-bond donors (Lipinski definition) is 0. The van der Waals surface area contributed by atoms with Gasteiger partial charge in [-0.15, -0.1) is 0 Å². The molecule has 0 fully saturated rings. The van der Waals surface area contributed by atoms with Crippen molar-refractivity contribution in [2.75, 3.05) is 6.61 Å². The van der Waals surface area contributed by atoms with Crippen LogP contribution in [0.2, 0.25) is 0 Å². The molecule has 0 amide bonds. The molecule has 2 aromatic rings. The van der Waals surface area contributed by atoms with Crippen LogP contribution in [0.25, 0.3) is 11.6 Å². The van der Waals surface area contributed by atoms with E-state index in [0.717, 1.165) is 6.20 Å². The molecule has 0 saturated heterocycles. The highest BCUT2D eigenvalue weighted by Crippen LogP contribution is 2.23. The lowest BCUT2D eigenvalue weighted by Gasteiger charge is -2.08. The van der Waals surface area contributed by atoms with Crippen LogP contribution in [0.5, 0.6) is 0 Å². The lowest BCUT2D eigenvalue weighted by Crippen LogP contribution is -2.12. The number of alkyl halides is 2. The van der Waals surface area contributed by atoms with E-state index in [1.807, 2.05) is 0 Å². The van der Waals surface area contributed by atoms with Crippen molar-refractivity contribution in [3.05, 3.63) is 29.8 Å². The number of aryl methyl sites for hydroxylation is 1. The fraction of sp³-hybridized carbons (Fsp3) is 0.333. The summed E-state index contributed by atoms with van der Waals surface area (Å²) in [5.41, 5.74) is -0.990. The Hall–Kier alpha value is -2.38. The van der Waals surface area contributed by atoms with Gasteiger partial charge in [0.05, 0.1) is 6.61 Å². The highest BCUT2D eigenvalue weighted by atomic mass is 19.3. The summed E-state index contributed by atoms with van der Waals surface area (Å²) in [6.45, 7) is 1.67. The zero-order valence-corrected chi connectivity index (χ0v) is 10.9. The zero-order valence-electron chi connectivity index (χ0n) is 10.9. The fourth-order valence-corrected chi connectivity index (χ4v) is 1.62. The Morgan fingerprint density at radius 1 is 1.45 bits per heavy atom. The summed E-state index contributed by atoms with van der Waals surface area (Å²) >= 11 is 0. The third kappa shape index (κ3) is 2.63. The summed E-state index contributed by atoms with van der Waals surface area (Å²) in [5, 5.41) is 0. The maximum Gasteiger partial charge on any atom is 0.341 e. The smallest absolute Gasteiger partial charge is 0.341 e. The van der Waals surface area contributed by atoms with Gasteiger partial charge in [-0.05, 0) is 6.92 Å². The first-order valence-electron chi connectivity index (χ1n) is 5.84. The number of aromatic nitrogens is 4. The van der Waals surface area contributed by atoms with Crippen LogP contribution in [0, 0.1) is 0 Å². The number of carbonyl (C=O) groups is 1. The van der Waals surface area contributed by atoms with Crippen molar-refractivity contribution in [2.45, 2.75) is 13.3 Å². The Morgan fingerprint density at radius 2 is 2.20 bits per heavy atom. The van der Waals surface area contributed by atoms with Crippen molar-refractivity contribution in [1.29, 1.82) is 0 Å². The highest BCUT2D eigenvalue weighted by molar-refractivity contribution is 5.90. The zero-order chi connectivity index (χ0) is 14.7. The maximum atomic E-state index is 13.0. The third-order valence-electron chi connectivity index (χ3n) is 2.54. The Morgan fingerprint density at radius 3 is 2.75 bits per heavy atom. The van der Waals surface area contributed by atoms with Crippen LogP contribution in [0.4, 0.5) is 8.78 Å². The number of rotatable bonds is 4. The monoisotopic (exact) mass is 282 g/mol. The summed E-state index contributed by atoms with van der Waals surface area (Å²) < 4.78 is 32.3. The predicted octanol–water partition coefficient (Wildman–Crippen LogP) is 1.99. The Kier molecular flexibility index (Phi) is 4.02. The normalized spacial score (nSPS) is 10.8. The van der Waals surface area contributed by atoms with Gasteiger partial charge in [-0.25, -0.2) is 28.5 Å². The molecular weight excluding hydrogens is 270 g/mol. The molecule has 0 aliphatic rings. The average molecular weight is 282 g/mol. The molecule has 2 aromatic heterocycles. The van der Waals surface area contributed by atoms with E-state index < -0.39 is 18.1 Å². The molecule has 2 rings (SSSR count). The van der Waals surface area contributed by atoms with E-state index >= 15 is 0 Å². The molecule has 0 atom stereocenters. The molecule has 20 heavy (non-hydrogen) atoms. The van der Waals surface area contributed by atoms with Gasteiger partial charge in [-0.3, -0.25) is 0 Å². The van der Waals surface area contributed by atoms with E-state index in [-0.39, 0.29) is 18.0 Å². The van der Waals surface area contributed by atoms with Crippen LogP contribution in [0.3, 0.4) is 0 Å². The van der Waals surface area contributed by atoms with Gasteiger partial charge < -0.3 is 9.30 Å². The molecule has 0 unspecified atom stereocenters. The minimum atomic E-state index is -2.91. The van der Waals surface area contributed by atoms with Gasteiger partial charge in [0.1, 0.15) is 11.3 Å². The summed E-state index contributed by atoms with van der Waals surface area (Å²) in [4.78, 5) is 23.2. The summed E-state index contributed by atoms with van der Waals surface area (Å²) in [7, 11) is 1.69. The second kappa shape index (κ2) is 5.72. The lowest BCUT2D eigenvalue weighted by molar-refractivity contribution is 0.0513. The molecule has 0 radical (unpaired) electrons. The van der Waals surface area contributed by atoms with Crippen molar-refractivity contribution in [2.24, 2.45) is 7.05 Å². The molecule has 0 aliphatic carbocycles. The van der Waals surface area contributed by atoms with Gasteiger partial charge in [-0.2, -0.15) is 0 Å². The minimum absolute atomic E-state index is 0.0286. The molecule has 8 heteroatoms. The Labute approximate surface area is 113 Å². The van der Waals surface area contributed by atoms with Gasteiger partial charge in [0.2, 0.25) is 0 Å². The predicted molar refractivity (Wildman–Crippen MR) is 65.1 cm³/mol. The first kappa shape index (κ1) is 14.0. The molecule has 0 aliphatic heterocycles. The largest absolute Gasteiger partial charge is 0.462 e. The van der Waals surface area contributed by atoms with Crippen molar-refractivity contribution >= 4 is 5.97 Å². The number of ether oxygens (including phenoxy) is 1. The maximum absolute atomic E-state index is 13.0. The average Bonchev–Trinajstić information content (AvgIpc) is 2.84. The number of halogens is 2. The van der Waals surface area contributed by atoms with Gasteiger partial charge in [0.25, 0.3) is 6.43 Å². The van der Waals surface area contributed by atoms with Crippen molar-refractivity contribution in [3.8, 4) is 11.6 Å². The van der Waals surface area contributed by atoms with Crippen LogP contribution in [0.15, 0.2) is 18.6 Å². The van der Waals surface area contributed by atoms with E-state index in [0.29, 0.717) is 5.82 Å². The molecule has 0 saturated carbocycles. The first-order valence-corrected chi connectivity index (χ1v) is 5.84. The molecule has 2 heterocycles. The SMILES string of the molecule is CCOC(=O)c1cnc(-c2nccn2C)nc1C(F)F. The van der Waals surface area contributed by atoms with E-state index in [1.54, 1.807) is 24.7 Å². The summed E-state index contributed by atoms with van der Waals surface area (Å²) in [5.74, 6) is -0.502. The van der Waals surface area contributed by atoms with Crippen LogP contribution in [-0.2, 0) is 11.8 Å². The molecule has 0 N–H and O–H groups in total. The minimum Gasteiger partial charge on any atom is -0.462 e. The van der Waals surface area contributed by atoms with E-state index in [1.165, 1.54) is 6.20 Å².